The van der Waals surface area contributed by atoms with Crippen LogP contribution in [0.4, 0.5) is 5.69 Å². The van der Waals surface area contributed by atoms with Crippen molar-refractivity contribution in [3.8, 4) is 0 Å². The van der Waals surface area contributed by atoms with Crippen molar-refractivity contribution in [1.82, 2.24) is 10.2 Å². The third-order valence-electron chi connectivity index (χ3n) is 14.3. The molecular weight excluding hydrogens is 851 g/mol. The highest BCUT2D eigenvalue weighted by Crippen LogP contribution is 2.42. The van der Waals surface area contributed by atoms with Crippen LogP contribution in [0, 0.1) is 33.8 Å². The Morgan fingerprint density at radius 1 is 0.923 bits per heavy atom. The highest BCUT2D eigenvalue weighted by atomic mass is 16.7. The smallest absolute Gasteiger partial charge is 0.311 e. The summed E-state index contributed by atoms with van der Waals surface area (Å²) in [6.07, 6.45) is -10.2. The normalized spacial score (nSPS) is 41.4. The molecule has 3 aliphatic rings. The summed E-state index contributed by atoms with van der Waals surface area (Å²) in [7, 11) is 4.73. The number of carbonyl (C=O) groups is 3. The number of nitro groups is 1. The summed E-state index contributed by atoms with van der Waals surface area (Å²) >= 11 is 0. The molecule has 0 unspecified atom stereocenters. The number of ketones is 1. The SMILES string of the molecule is CC[C@H]1OC(=O)[C@H](C)[C@@H](O[C@H]2C[C@@](C)(OC)[C@@H](O)[C@H](C)O2)[C@H](C)[C@@H](O[C@H]2O[C@H](C)C[C@H](N(C)CCNC(=O)c3ccc([N+](=O)[O-])cc3)[C@H]2O)[C@](C)(OC)C[C@@H](C)C(=O)[C@H](C)[C@@H](O)[C@]1(C)O. The van der Waals surface area contributed by atoms with Crippen molar-refractivity contribution in [2.75, 3.05) is 34.4 Å². The maximum atomic E-state index is 14.4. The fourth-order valence-corrected chi connectivity index (χ4v) is 9.86. The number of amides is 1. The number of likely N-dealkylation sites (N-methyl/N-ethyl adjacent to an activating group) is 1. The van der Waals surface area contributed by atoms with Gasteiger partial charge in [-0.1, -0.05) is 27.7 Å². The number of hydrogen-bond acceptors (Lipinski definition) is 17. The fourth-order valence-electron chi connectivity index (χ4n) is 9.86. The number of esters is 1. The lowest BCUT2D eigenvalue weighted by Gasteiger charge is -2.50. The number of aliphatic hydroxyl groups is 4. The number of Topliss-reactive ketones (excluding diaryl/α,β-unsaturated/α-hetero) is 1. The van der Waals surface area contributed by atoms with Crippen LogP contribution in [0.3, 0.4) is 0 Å². The van der Waals surface area contributed by atoms with E-state index in [4.69, 9.17) is 33.2 Å². The zero-order chi connectivity index (χ0) is 48.9. The summed E-state index contributed by atoms with van der Waals surface area (Å²) in [5.74, 6) is -5.34. The Bertz CT molecular complexity index is 1770. The zero-order valence-electron chi connectivity index (χ0n) is 40.3. The van der Waals surface area contributed by atoms with E-state index in [0.717, 1.165) is 0 Å². The first-order valence-electron chi connectivity index (χ1n) is 22.7. The van der Waals surface area contributed by atoms with Gasteiger partial charge in [0, 0.05) is 75.2 Å². The van der Waals surface area contributed by atoms with Crippen molar-refractivity contribution in [2.24, 2.45) is 23.7 Å². The van der Waals surface area contributed by atoms with Gasteiger partial charge in [-0.2, -0.15) is 0 Å². The first-order chi connectivity index (χ1) is 30.3. The predicted molar refractivity (Wildman–Crippen MR) is 235 cm³/mol. The number of benzene rings is 1. The number of nitro benzene ring substituents is 1. The molecule has 0 saturated carbocycles. The largest absolute Gasteiger partial charge is 0.459 e. The number of ether oxygens (including phenoxy) is 7. The Kier molecular flexibility index (Phi) is 18.6. The standard InChI is InChI=1S/C46H75N3O16/c1-14-33-46(10,56)38(52)26(4)35(50)24(2)22-45(9,60-13)40(27(5)37(28(6)42(55)63-33)64-34-23-44(8,59-12)39(53)29(7)62-34)65-43-36(51)32(21-25(3)61-43)48(11)20-19-47-41(54)30-15-17-31(18-16-30)49(57)58/h15-18,24-29,32-34,36-40,43,51-53,56H,14,19-23H2,1-13H3,(H,47,54)/t24-,25-,26+,27+,28-,29+,32+,33-,34+,36-,37+,38-,39+,40-,43-,44-,45-,46-/m1/s1. The average molecular weight is 926 g/mol. The summed E-state index contributed by atoms with van der Waals surface area (Å²) in [5, 5.41) is 60.3. The highest BCUT2D eigenvalue weighted by Gasteiger charge is 2.54. The van der Waals surface area contributed by atoms with Gasteiger partial charge in [-0.05, 0) is 80.0 Å². The molecule has 0 radical (unpaired) electrons. The van der Waals surface area contributed by atoms with Gasteiger partial charge in [0.25, 0.3) is 11.6 Å². The molecule has 0 aromatic heterocycles. The summed E-state index contributed by atoms with van der Waals surface area (Å²) in [5.41, 5.74) is -4.36. The number of hydrogen-bond donors (Lipinski definition) is 5. The molecule has 65 heavy (non-hydrogen) atoms. The van der Waals surface area contributed by atoms with E-state index >= 15 is 0 Å². The molecule has 1 aromatic carbocycles. The lowest BCUT2D eigenvalue weighted by molar-refractivity contribution is -0.384. The fraction of sp³-hybridized carbons (Fsp3) is 0.804. The van der Waals surface area contributed by atoms with Gasteiger partial charge in [-0.25, -0.2) is 0 Å². The van der Waals surface area contributed by atoms with Crippen LogP contribution in [0.2, 0.25) is 0 Å². The molecule has 19 heteroatoms. The average Bonchev–Trinajstić information content (AvgIpc) is 3.27. The molecule has 19 nitrogen and oxygen atoms in total. The van der Waals surface area contributed by atoms with Crippen molar-refractivity contribution in [3.05, 3.63) is 39.9 Å². The van der Waals surface area contributed by atoms with E-state index in [1.807, 2.05) is 11.8 Å². The topological polar surface area (TPSA) is 255 Å². The second-order valence-corrected chi connectivity index (χ2v) is 19.2. The first kappa shape index (κ1) is 54.4. The Labute approximate surface area is 382 Å². The molecule has 0 spiro atoms. The van der Waals surface area contributed by atoms with E-state index in [1.54, 1.807) is 55.5 Å². The van der Waals surface area contributed by atoms with Crippen LogP contribution in [-0.2, 0) is 42.7 Å². The van der Waals surface area contributed by atoms with Crippen molar-refractivity contribution < 1.29 is 72.9 Å². The molecule has 18 atom stereocenters. The molecule has 4 rings (SSSR count). The second-order valence-electron chi connectivity index (χ2n) is 19.2. The predicted octanol–water partition coefficient (Wildman–Crippen LogP) is 3.15. The Balaban J connectivity index is 1.73. The number of nitrogens with zero attached hydrogens (tertiary/aromatic N) is 2. The van der Waals surface area contributed by atoms with Crippen LogP contribution in [0.25, 0.3) is 0 Å². The minimum Gasteiger partial charge on any atom is -0.459 e. The van der Waals surface area contributed by atoms with E-state index in [-0.39, 0.29) is 42.8 Å². The monoisotopic (exact) mass is 926 g/mol. The quantitative estimate of drug-likeness (QED) is 0.108. The third-order valence-corrected chi connectivity index (χ3v) is 14.3. The number of rotatable bonds is 13. The number of non-ortho nitro benzene ring substituents is 1. The Morgan fingerprint density at radius 3 is 2.11 bits per heavy atom. The summed E-state index contributed by atoms with van der Waals surface area (Å²) in [6.45, 7) is 17.2. The molecule has 3 saturated heterocycles. The molecule has 370 valence electrons. The highest BCUT2D eigenvalue weighted by molar-refractivity contribution is 5.94. The molecule has 1 aromatic rings. The number of aliphatic hydroxyl groups excluding tert-OH is 3. The van der Waals surface area contributed by atoms with Crippen LogP contribution in [0.1, 0.15) is 105 Å². The van der Waals surface area contributed by atoms with Crippen molar-refractivity contribution in [1.29, 1.82) is 0 Å². The maximum absolute atomic E-state index is 14.4. The van der Waals surface area contributed by atoms with Gasteiger partial charge in [0.1, 0.15) is 29.7 Å². The van der Waals surface area contributed by atoms with Crippen molar-refractivity contribution in [2.45, 2.75) is 179 Å². The maximum Gasteiger partial charge on any atom is 0.311 e. The van der Waals surface area contributed by atoms with Gasteiger partial charge < -0.3 is 58.9 Å². The van der Waals surface area contributed by atoms with Gasteiger partial charge >= 0.3 is 5.97 Å². The van der Waals surface area contributed by atoms with Gasteiger partial charge in [-0.3, -0.25) is 29.4 Å². The first-order valence-corrected chi connectivity index (χ1v) is 22.7. The van der Waals surface area contributed by atoms with Crippen LogP contribution in [0.15, 0.2) is 24.3 Å². The van der Waals surface area contributed by atoms with Crippen molar-refractivity contribution in [3.63, 3.8) is 0 Å². The number of methoxy groups -OCH3 is 2. The number of cyclic esters (lactones) is 1. The Hall–Kier alpha value is -3.21. The van der Waals surface area contributed by atoms with Crippen LogP contribution in [-0.4, -0.2) is 167 Å². The number of nitrogens with one attached hydrogen (secondary N) is 1. The summed E-state index contributed by atoms with van der Waals surface area (Å²) in [6, 6.07) is 4.72. The molecule has 0 bridgehead atoms. The molecular formula is C46H75N3O16. The zero-order valence-corrected chi connectivity index (χ0v) is 40.3. The van der Waals surface area contributed by atoms with Gasteiger partial charge in [0.15, 0.2) is 12.6 Å². The van der Waals surface area contributed by atoms with Crippen molar-refractivity contribution >= 4 is 23.3 Å². The van der Waals surface area contributed by atoms with E-state index in [9.17, 15) is 44.9 Å². The minimum atomic E-state index is -2.02. The van der Waals surface area contributed by atoms with Gasteiger partial charge in [0.2, 0.25) is 0 Å². The van der Waals surface area contributed by atoms with Crippen LogP contribution < -0.4 is 5.32 Å². The lowest BCUT2D eigenvalue weighted by atomic mass is 9.74. The molecule has 3 aliphatic heterocycles. The van der Waals surface area contributed by atoms with E-state index in [1.165, 1.54) is 52.3 Å². The Morgan fingerprint density at radius 2 is 1.54 bits per heavy atom. The molecule has 3 fully saturated rings. The second kappa shape index (κ2) is 22.3. The van der Waals surface area contributed by atoms with E-state index in [0.29, 0.717) is 13.0 Å². The molecule has 1 amide bonds. The van der Waals surface area contributed by atoms with Crippen LogP contribution in [0.5, 0.6) is 0 Å². The molecule has 3 heterocycles. The minimum absolute atomic E-state index is 0.0281. The summed E-state index contributed by atoms with van der Waals surface area (Å²) < 4.78 is 44.3. The van der Waals surface area contributed by atoms with Gasteiger partial charge in [-0.15, -0.1) is 0 Å². The lowest BCUT2D eigenvalue weighted by Crippen LogP contribution is -2.62. The van der Waals surface area contributed by atoms with E-state index < -0.39 is 125 Å². The van der Waals surface area contributed by atoms with E-state index in [2.05, 4.69) is 5.32 Å². The third kappa shape index (κ3) is 12.3. The summed E-state index contributed by atoms with van der Waals surface area (Å²) in [4.78, 5) is 53.8. The molecule has 0 aliphatic carbocycles. The number of carbonyl (C=O) groups excluding carboxylic acids is 3. The van der Waals surface area contributed by atoms with Crippen LogP contribution >= 0.6 is 0 Å². The van der Waals surface area contributed by atoms with Gasteiger partial charge in [0.05, 0.1) is 52.6 Å². The molecule has 5 N–H and O–H groups in total.